The molecule has 19 heavy (non-hydrogen) atoms. The molecule has 0 saturated heterocycles. The second kappa shape index (κ2) is 5.61. The first-order valence-electron chi connectivity index (χ1n) is 5.39. The number of aromatic nitrogens is 4. The summed E-state index contributed by atoms with van der Waals surface area (Å²) in [5, 5.41) is 21.2. The minimum Gasteiger partial charge on any atom is -0.409 e. The largest absolute Gasteiger partial charge is 0.409 e. The molecular formula is C11H12N6OS. The number of oxime groups is 1. The average Bonchev–Trinajstić information content (AvgIpc) is 2.44. The number of amidine groups is 1. The highest BCUT2D eigenvalue weighted by molar-refractivity contribution is 7.99. The third-order valence-corrected chi connectivity index (χ3v) is 3.43. The summed E-state index contributed by atoms with van der Waals surface area (Å²) in [6.45, 7) is 3.66. The molecule has 2 heterocycles. The van der Waals surface area contributed by atoms with Gasteiger partial charge in [0.25, 0.3) is 0 Å². The van der Waals surface area contributed by atoms with E-state index in [0.717, 1.165) is 11.3 Å². The molecule has 98 valence electrons. The van der Waals surface area contributed by atoms with Crippen molar-refractivity contribution in [2.24, 2.45) is 10.9 Å². The van der Waals surface area contributed by atoms with E-state index in [-0.39, 0.29) is 5.84 Å². The maximum atomic E-state index is 8.87. The van der Waals surface area contributed by atoms with Gasteiger partial charge in [-0.25, -0.2) is 4.98 Å². The Bertz CT molecular complexity index is 616. The van der Waals surface area contributed by atoms with E-state index in [0.29, 0.717) is 15.6 Å². The number of aryl methyl sites for hydroxylation is 1. The smallest absolute Gasteiger partial charge is 0.173 e. The first-order chi connectivity index (χ1) is 9.13. The predicted octanol–water partition coefficient (Wildman–Crippen LogP) is 1.13. The Labute approximate surface area is 114 Å². The molecule has 2 rings (SSSR count). The van der Waals surface area contributed by atoms with Gasteiger partial charge in [0.2, 0.25) is 0 Å². The van der Waals surface area contributed by atoms with Gasteiger partial charge in [0.15, 0.2) is 5.84 Å². The fourth-order valence-electron chi connectivity index (χ4n) is 1.45. The van der Waals surface area contributed by atoms with E-state index in [9.17, 15) is 0 Å². The molecule has 0 aliphatic heterocycles. The number of nitrogens with two attached hydrogens (primary N) is 1. The van der Waals surface area contributed by atoms with Gasteiger partial charge in [0.1, 0.15) is 10.1 Å². The van der Waals surface area contributed by atoms with Crippen LogP contribution in [-0.4, -0.2) is 31.2 Å². The topological polar surface area (TPSA) is 110 Å². The van der Waals surface area contributed by atoms with E-state index in [2.05, 4.69) is 25.3 Å². The van der Waals surface area contributed by atoms with Gasteiger partial charge in [-0.2, -0.15) is 5.10 Å². The second-order valence-electron chi connectivity index (χ2n) is 3.72. The van der Waals surface area contributed by atoms with E-state index < -0.39 is 0 Å². The van der Waals surface area contributed by atoms with Crippen LogP contribution in [0, 0.1) is 13.8 Å². The van der Waals surface area contributed by atoms with E-state index in [4.69, 9.17) is 10.9 Å². The van der Waals surface area contributed by atoms with Gasteiger partial charge >= 0.3 is 0 Å². The summed E-state index contributed by atoms with van der Waals surface area (Å²) in [5.74, 6) is 0.00175. The number of rotatable bonds is 3. The Morgan fingerprint density at radius 1 is 1.32 bits per heavy atom. The third kappa shape index (κ3) is 2.79. The molecule has 0 aliphatic rings. The van der Waals surface area contributed by atoms with E-state index in [1.165, 1.54) is 11.8 Å². The summed E-state index contributed by atoms with van der Waals surface area (Å²) in [7, 11) is 0. The molecule has 0 amide bonds. The van der Waals surface area contributed by atoms with Gasteiger partial charge in [-0.3, -0.25) is 4.98 Å². The Balaban J connectivity index is 2.49. The third-order valence-electron chi connectivity index (χ3n) is 2.53. The molecule has 0 bridgehead atoms. The van der Waals surface area contributed by atoms with Crippen LogP contribution in [0.1, 0.15) is 16.8 Å². The zero-order chi connectivity index (χ0) is 13.8. The summed E-state index contributed by atoms with van der Waals surface area (Å²) >= 11 is 1.26. The van der Waals surface area contributed by atoms with Gasteiger partial charge in [-0.05, 0) is 31.2 Å². The first kappa shape index (κ1) is 13.2. The van der Waals surface area contributed by atoms with Crippen LogP contribution in [0.5, 0.6) is 0 Å². The Hall–Kier alpha value is -2.22. The lowest BCUT2D eigenvalue weighted by molar-refractivity contribution is 0.318. The maximum absolute atomic E-state index is 8.87. The van der Waals surface area contributed by atoms with Crippen LogP contribution >= 0.6 is 11.8 Å². The van der Waals surface area contributed by atoms with Crippen LogP contribution < -0.4 is 5.73 Å². The van der Waals surface area contributed by atoms with Crippen molar-refractivity contribution in [3.8, 4) is 0 Å². The lowest BCUT2D eigenvalue weighted by Crippen LogP contribution is -2.18. The Morgan fingerprint density at radius 3 is 2.74 bits per heavy atom. The second-order valence-corrected chi connectivity index (χ2v) is 4.73. The van der Waals surface area contributed by atoms with E-state index >= 15 is 0 Å². The zero-order valence-corrected chi connectivity index (χ0v) is 11.2. The normalized spacial score (nSPS) is 11.6. The molecule has 2 aromatic rings. The minimum atomic E-state index is 0.00175. The lowest BCUT2D eigenvalue weighted by Gasteiger charge is -2.10. The van der Waals surface area contributed by atoms with Crippen molar-refractivity contribution in [2.45, 2.75) is 23.9 Å². The molecule has 2 aromatic heterocycles. The van der Waals surface area contributed by atoms with Crippen molar-refractivity contribution >= 4 is 17.6 Å². The molecule has 8 heteroatoms. The number of hydrogen-bond acceptors (Lipinski definition) is 7. The SMILES string of the molecule is Cc1nnc(Sc2cnccn2)c(/C(N)=N/O)c1C. The van der Waals surface area contributed by atoms with Crippen molar-refractivity contribution in [3.05, 3.63) is 35.4 Å². The minimum absolute atomic E-state index is 0.00175. The highest BCUT2D eigenvalue weighted by atomic mass is 32.2. The van der Waals surface area contributed by atoms with Gasteiger partial charge in [0.05, 0.1) is 17.5 Å². The molecule has 7 nitrogen and oxygen atoms in total. The molecule has 3 N–H and O–H groups in total. The van der Waals surface area contributed by atoms with Crippen LogP contribution in [0.4, 0.5) is 0 Å². The van der Waals surface area contributed by atoms with Crippen molar-refractivity contribution in [3.63, 3.8) is 0 Å². The van der Waals surface area contributed by atoms with Gasteiger partial charge in [-0.1, -0.05) is 5.16 Å². The quantitative estimate of drug-likeness (QED) is 0.374. The highest BCUT2D eigenvalue weighted by Gasteiger charge is 2.16. The van der Waals surface area contributed by atoms with Crippen LogP contribution in [-0.2, 0) is 0 Å². The first-order valence-corrected chi connectivity index (χ1v) is 6.20. The molecule has 0 saturated carbocycles. The van der Waals surface area contributed by atoms with Crippen molar-refractivity contribution < 1.29 is 5.21 Å². The molecule has 0 unspecified atom stereocenters. The summed E-state index contributed by atoms with van der Waals surface area (Å²) in [6.07, 6.45) is 4.78. The van der Waals surface area contributed by atoms with Gasteiger partial charge in [0, 0.05) is 12.4 Å². The zero-order valence-electron chi connectivity index (χ0n) is 10.4. The number of nitrogens with zero attached hydrogens (tertiary/aromatic N) is 5. The molecule has 0 fully saturated rings. The molecule has 0 aromatic carbocycles. The average molecular weight is 276 g/mol. The maximum Gasteiger partial charge on any atom is 0.173 e. The standard InChI is InChI=1S/C11H12N6OS/c1-6-7(2)15-16-11(9(6)10(12)17-18)19-8-5-13-3-4-14-8/h3-5,18H,1-2H3,(H2,12,17). The van der Waals surface area contributed by atoms with Gasteiger partial charge in [-0.15, -0.1) is 5.10 Å². The summed E-state index contributed by atoms with van der Waals surface area (Å²) in [5.41, 5.74) is 7.81. The van der Waals surface area contributed by atoms with E-state index in [1.54, 1.807) is 18.6 Å². The summed E-state index contributed by atoms with van der Waals surface area (Å²) in [6, 6.07) is 0. The monoisotopic (exact) mass is 276 g/mol. The van der Waals surface area contributed by atoms with Crippen LogP contribution in [0.3, 0.4) is 0 Å². The van der Waals surface area contributed by atoms with Crippen molar-refractivity contribution in [1.82, 2.24) is 20.2 Å². The lowest BCUT2D eigenvalue weighted by atomic mass is 10.1. The van der Waals surface area contributed by atoms with Gasteiger partial charge < -0.3 is 10.9 Å². The highest BCUT2D eigenvalue weighted by Crippen LogP contribution is 2.28. The fourth-order valence-corrected chi connectivity index (χ4v) is 2.31. The molecular weight excluding hydrogens is 264 g/mol. The van der Waals surface area contributed by atoms with Crippen LogP contribution in [0.25, 0.3) is 0 Å². The summed E-state index contributed by atoms with van der Waals surface area (Å²) in [4.78, 5) is 8.11. The molecule has 0 aliphatic carbocycles. The van der Waals surface area contributed by atoms with Crippen molar-refractivity contribution in [1.29, 1.82) is 0 Å². The fraction of sp³-hybridized carbons (Fsp3) is 0.182. The van der Waals surface area contributed by atoms with Crippen molar-refractivity contribution in [2.75, 3.05) is 0 Å². The summed E-state index contributed by atoms with van der Waals surface area (Å²) < 4.78 is 0. The van der Waals surface area contributed by atoms with E-state index in [1.807, 2.05) is 13.8 Å². The van der Waals surface area contributed by atoms with Crippen LogP contribution in [0.2, 0.25) is 0 Å². The molecule has 0 spiro atoms. The van der Waals surface area contributed by atoms with Crippen LogP contribution in [0.15, 0.2) is 33.8 Å². The number of hydrogen-bond donors (Lipinski definition) is 2. The molecule has 0 atom stereocenters. The molecule has 0 radical (unpaired) electrons. The Morgan fingerprint density at radius 2 is 2.11 bits per heavy atom. The Kier molecular flexibility index (Phi) is 3.91. The predicted molar refractivity (Wildman–Crippen MR) is 70.2 cm³/mol.